The number of primary amides is 1. The lowest BCUT2D eigenvalue weighted by Crippen LogP contribution is -2.53. The second-order valence-electron chi connectivity index (χ2n) is 8.03. The third kappa shape index (κ3) is 5.09. The van der Waals surface area contributed by atoms with Gasteiger partial charge in [-0.05, 0) is 38.5 Å². The van der Waals surface area contributed by atoms with Crippen LogP contribution in [0.4, 0.5) is 13.2 Å². The van der Waals surface area contributed by atoms with Crippen molar-refractivity contribution in [1.29, 1.82) is 0 Å². The molecule has 4 aliphatic rings. The van der Waals surface area contributed by atoms with Crippen molar-refractivity contribution in [3.05, 3.63) is 58.7 Å². The maximum Gasteiger partial charge on any atom is 0.246 e. The van der Waals surface area contributed by atoms with Gasteiger partial charge in [-0.15, -0.1) is 0 Å². The van der Waals surface area contributed by atoms with Crippen LogP contribution in [-0.2, 0) is 4.79 Å². The lowest BCUT2D eigenvalue weighted by Gasteiger charge is -2.46. The number of hydrogen-bond donors (Lipinski definition) is 1. The summed E-state index contributed by atoms with van der Waals surface area (Å²) >= 11 is 0. The molecule has 174 valence electrons. The van der Waals surface area contributed by atoms with Crippen LogP contribution in [0, 0.1) is 30.3 Å². The van der Waals surface area contributed by atoms with Gasteiger partial charge in [-0.2, -0.15) is 0 Å². The molecular formula is C21H30F3N3O4. The third-order valence-corrected chi connectivity index (χ3v) is 6.41. The number of nitrogens with zero attached hydrogens (tertiary/aromatic N) is 2. The Hall–Kier alpha value is -2.40. The molecule has 3 aliphatic heterocycles. The highest BCUT2D eigenvalue weighted by molar-refractivity contribution is 5.92. The van der Waals surface area contributed by atoms with Crippen molar-refractivity contribution >= 4 is 5.91 Å². The van der Waals surface area contributed by atoms with Gasteiger partial charge in [0.05, 0.1) is 0 Å². The molecule has 31 heavy (non-hydrogen) atoms. The van der Waals surface area contributed by atoms with Gasteiger partial charge in [-0.25, -0.2) is 13.2 Å². The minimum atomic E-state index is -0.888. The number of benzene rings is 1. The Morgan fingerprint density at radius 3 is 2.35 bits per heavy atom. The van der Waals surface area contributed by atoms with Crippen molar-refractivity contribution in [2.75, 3.05) is 13.1 Å². The van der Waals surface area contributed by atoms with E-state index >= 15 is 0 Å². The van der Waals surface area contributed by atoms with Gasteiger partial charge in [0.2, 0.25) is 5.91 Å². The first kappa shape index (κ1) is 26.6. The van der Waals surface area contributed by atoms with Crippen LogP contribution in [0.25, 0.3) is 0 Å². The molecular weight excluding hydrogens is 415 g/mol. The monoisotopic (exact) mass is 445 g/mol. The molecule has 8 N–H and O–H groups in total. The van der Waals surface area contributed by atoms with Crippen LogP contribution >= 0.6 is 0 Å². The van der Waals surface area contributed by atoms with Gasteiger partial charge < -0.3 is 27.1 Å². The number of hydrogen-bond acceptors (Lipinski definition) is 3. The highest BCUT2D eigenvalue weighted by Crippen LogP contribution is 2.45. The molecule has 7 nitrogen and oxygen atoms in total. The summed E-state index contributed by atoms with van der Waals surface area (Å²) in [5.41, 5.74) is 7.34. The van der Waals surface area contributed by atoms with E-state index < -0.39 is 17.5 Å². The van der Waals surface area contributed by atoms with Crippen LogP contribution in [0.5, 0.6) is 0 Å². The minimum Gasteiger partial charge on any atom is -0.412 e. The van der Waals surface area contributed by atoms with E-state index in [2.05, 4.69) is 15.9 Å². The number of amides is 1. The van der Waals surface area contributed by atoms with Crippen molar-refractivity contribution in [2.45, 2.75) is 44.7 Å². The van der Waals surface area contributed by atoms with Crippen LogP contribution < -0.4 is 5.73 Å². The standard InChI is InChI=1S/C14H19N3O.C7H5F3.3H2O/c15-14(18)10-2-4-12-7-17-11-3-1-9(5-11)13(17)8-16(12)6-10;1-4-6(9)2-5(8)3-7(4)10;;;/h4,6,9,11,13H,1-3,5,7-8H2,(H2,15,18);2-3H,1H3;3*1H2/t9?,11?,13-;;;;/m0..../s1. The summed E-state index contributed by atoms with van der Waals surface area (Å²) in [4.78, 5) is 16.2. The van der Waals surface area contributed by atoms with Gasteiger partial charge in [-0.1, -0.05) is 6.08 Å². The van der Waals surface area contributed by atoms with Gasteiger partial charge in [0.25, 0.3) is 0 Å². The first-order chi connectivity index (χ1) is 13.3. The molecule has 1 amide bonds. The number of fused-ring (bicyclic) bond motifs is 6. The molecule has 1 aromatic rings. The zero-order valence-corrected chi connectivity index (χ0v) is 17.3. The minimum absolute atomic E-state index is 0. The molecule has 2 unspecified atom stereocenters. The number of carbonyl (C=O) groups is 1. The number of rotatable bonds is 1. The molecule has 5 rings (SSSR count). The summed E-state index contributed by atoms with van der Waals surface area (Å²) in [6.07, 6.45) is 9.04. The topological polar surface area (TPSA) is 144 Å². The van der Waals surface area contributed by atoms with Crippen LogP contribution in [0.2, 0.25) is 0 Å². The summed E-state index contributed by atoms with van der Waals surface area (Å²) in [7, 11) is 0. The zero-order chi connectivity index (χ0) is 20.0. The van der Waals surface area contributed by atoms with Gasteiger partial charge in [0.1, 0.15) is 17.5 Å². The van der Waals surface area contributed by atoms with E-state index in [0.29, 0.717) is 24.6 Å². The van der Waals surface area contributed by atoms with E-state index in [-0.39, 0.29) is 27.9 Å². The first-order valence-corrected chi connectivity index (χ1v) is 9.66. The van der Waals surface area contributed by atoms with E-state index in [1.165, 1.54) is 31.9 Å². The Morgan fingerprint density at radius 1 is 1.10 bits per heavy atom. The molecule has 2 saturated heterocycles. The number of piperidine rings is 1. The average Bonchev–Trinajstić information content (AvgIpc) is 3.26. The normalized spacial score (nSPS) is 25.3. The van der Waals surface area contributed by atoms with E-state index in [0.717, 1.165) is 30.6 Å². The highest BCUT2D eigenvalue weighted by Gasteiger charge is 2.48. The van der Waals surface area contributed by atoms with Crippen molar-refractivity contribution in [3.8, 4) is 0 Å². The number of nitrogens with two attached hydrogens (primary N) is 1. The predicted octanol–water partition coefficient (Wildman–Crippen LogP) is 0.750. The fourth-order valence-corrected chi connectivity index (χ4v) is 4.85. The Bertz CT molecular complexity index is 854. The lowest BCUT2D eigenvalue weighted by atomic mass is 9.94. The molecule has 2 bridgehead atoms. The number of piperazine rings is 1. The van der Waals surface area contributed by atoms with Gasteiger partial charge in [0, 0.05) is 60.3 Å². The van der Waals surface area contributed by atoms with Crippen LogP contribution in [0.1, 0.15) is 31.2 Å². The smallest absolute Gasteiger partial charge is 0.246 e. The Balaban J connectivity index is 0.000000324. The van der Waals surface area contributed by atoms with Gasteiger partial charge in [0.15, 0.2) is 0 Å². The summed E-state index contributed by atoms with van der Waals surface area (Å²) < 4.78 is 36.8. The summed E-state index contributed by atoms with van der Waals surface area (Å²) in [5, 5.41) is 0. The highest BCUT2D eigenvalue weighted by atomic mass is 19.1. The molecule has 10 heteroatoms. The Morgan fingerprint density at radius 2 is 1.74 bits per heavy atom. The van der Waals surface area contributed by atoms with E-state index in [1.54, 1.807) is 0 Å². The van der Waals surface area contributed by atoms with Crippen molar-refractivity contribution in [1.82, 2.24) is 9.80 Å². The van der Waals surface area contributed by atoms with Crippen LogP contribution in [0.15, 0.2) is 35.7 Å². The largest absolute Gasteiger partial charge is 0.412 e. The number of allylic oxidation sites excluding steroid dienone is 1. The second kappa shape index (κ2) is 10.3. The number of carbonyl (C=O) groups excluding carboxylic acids is 1. The molecule has 1 aliphatic carbocycles. The quantitative estimate of drug-likeness (QED) is 0.681. The zero-order valence-electron chi connectivity index (χ0n) is 17.3. The molecule has 0 radical (unpaired) electrons. The fourth-order valence-electron chi connectivity index (χ4n) is 4.85. The average molecular weight is 445 g/mol. The molecule has 1 aromatic carbocycles. The second-order valence-corrected chi connectivity index (χ2v) is 8.03. The molecule has 0 spiro atoms. The Kier molecular flexibility index (Phi) is 8.83. The number of halogens is 3. The summed E-state index contributed by atoms with van der Waals surface area (Å²) in [5.74, 6) is -1.99. The molecule has 3 atom stereocenters. The maximum absolute atomic E-state index is 12.4. The summed E-state index contributed by atoms with van der Waals surface area (Å²) in [6.45, 7) is 3.36. The molecule has 3 heterocycles. The first-order valence-electron chi connectivity index (χ1n) is 9.66. The van der Waals surface area contributed by atoms with E-state index in [9.17, 15) is 18.0 Å². The third-order valence-electron chi connectivity index (χ3n) is 6.41. The van der Waals surface area contributed by atoms with Crippen molar-refractivity contribution in [3.63, 3.8) is 0 Å². The SMILES string of the molecule is Cc1c(F)cc(F)cc1F.NC(=O)C1=CN2C[C@H]3C4CCC(C4)N3CC2=CC1.O.O.O. The predicted molar refractivity (Wildman–Crippen MR) is 110 cm³/mol. The van der Waals surface area contributed by atoms with Crippen molar-refractivity contribution in [2.24, 2.45) is 11.7 Å². The van der Waals surface area contributed by atoms with E-state index in [1.807, 2.05) is 6.20 Å². The van der Waals surface area contributed by atoms with Gasteiger partial charge >= 0.3 is 0 Å². The van der Waals surface area contributed by atoms with Crippen LogP contribution in [0.3, 0.4) is 0 Å². The maximum atomic E-state index is 12.4. The molecule has 0 aromatic heterocycles. The van der Waals surface area contributed by atoms with E-state index in [4.69, 9.17) is 5.73 Å². The summed E-state index contributed by atoms with van der Waals surface area (Å²) in [6, 6.07) is 2.82. The van der Waals surface area contributed by atoms with Crippen LogP contribution in [-0.4, -0.2) is 57.3 Å². The van der Waals surface area contributed by atoms with Gasteiger partial charge in [-0.3, -0.25) is 9.69 Å². The lowest BCUT2D eigenvalue weighted by molar-refractivity contribution is -0.114. The fraction of sp³-hybridized carbons (Fsp3) is 0.476. The molecule has 1 saturated carbocycles. The van der Waals surface area contributed by atoms with Crippen molar-refractivity contribution < 1.29 is 34.4 Å². The Labute approximate surface area is 178 Å². The molecule has 3 fully saturated rings.